The molecule has 0 bridgehead atoms. The summed E-state index contributed by atoms with van der Waals surface area (Å²) in [5, 5.41) is 0. The molecule has 1 aliphatic rings. The molecule has 0 saturated heterocycles. The molecular weight excluding hydrogens is 218 g/mol. The molecule has 18 heavy (non-hydrogen) atoms. The third-order valence-corrected chi connectivity index (χ3v) is 4.81. The highest BCUT2D eigenvalue weighted by Gasteiger charge is 2.27. The minimum Gasteiger partial charge on any atom is -0.327 e. The monoisotopic (exact) mass is 245 g/mol. The molecule has 3 unspecified atom stereocenters. The smallest absolute Gasteiger partial charge is 0.0108 e. The van der Waals surface area contributed by atoms with Crippen LogP contribution in [0, 0.1) is 25.7 Å². The molecule has 2 rings (SSSR count). The van der Waals surface area contributed by atoms with Gasteiger partial charge < -0.3 is 5.73 Å². The van der Waals surface area contributed by atoms with Crippen LogP contribution in [0.4, 0.5) is 0 Å². The summed E-state index contributed by atoms with van der Waals surface area (Å²) in [7, 11) is 0. The molecule has 1 aromatic rings. The summed E-state index contributed by atoms with van der Waals surface area (Å²) in [6, 6.07) is 7.13. The van der Waals surface area contributed by atoms with E-state index in [1.165, 1.54) is 42.4 Å². The molecule has 0 heterocycles. The van der Waals surface area contributed by atoms with Gasteiger partial charge in [0.1, 0.15) is 0 Å². The van der Waals surface area contributed by atoms with Gasteiger partial charge in [0.2, 0.25) is 0 Å². The second-order valence-corrected chi connectivity index (χ2v) is 6.13. The van der Waals surface area contributed by atoms with Crippen molar-refractivity contribution in [2.24, 2.45) is 17.6 Å². The highest BCUT2D eigenvalue weighted by molar-refractivity contribution is 5.30. The van der Waals surface area contributed by atoms with Crippen molar-refractivity contribution in [1.29, 1.82) is 0 Å². The average Bonchev–Trinajstić information content (AvgIpc) is 2.82. The summed E-state index contributed by atoms with van der Waals surface area (Å²) < 4.78 is 0. The molecule has 0 spiro atoms. The highest BCUT2D eigenvalue weighted by atomic mass is 14.7. The van der Waals surface area contributed by atoms with E-state index in [0.717, 1.165) is 18.3 Å². The molecule has 1 aliphatic carbocycles. The molecule has 1 nitrogen and oxygen atoms in total. The Kier molecular flexibility index (Phi) is 4.45. The molecule has 0 aliphatic heterocycles. The summed E-state index contributed by atoms with van der Waals surface area (Å²) in [5.41, 5.74) is 10.6. The van der Waals surface area contributed by atoms with E-state index in [0.29, 0.717) is 6.04 Å². The van der Waals surface area contributed by atoms with E-state index in [9.17, 15) is 0 Å². The Morgan fingerprint density at radius 3 is 2.61 bits per heavy atom. The molecule has 1 aromatic carbocycles. The number of benzene rings is 1. The van der Waals surface area contributed by atoms with Gasteiger partial charge >= 0.3 is 0 Å². The largest absolute Gasteiger partial charge is 0.327 e. The van der Waals surface area contributed by atoms with Crippen molar-refractivity contribution in [3.8, 4) is 0 Å². The van der Waals surface area contributed by atoms with Crippen LogP contribution in [0.15, 0.2) is 18.2 Å². The van der Waals surface area contributed by atoms with Crippen LogP contribution in [0.3, 0.4) is 0 Å². The molecular formula is C17H27N. The van der Waals surface area contributed by atoms with Gasteiger partial charge in [-0.15, -0.1) is 0 Å². The van der Waals surface area contributed by atoms with E-state index in [1.807, 2.05) is 0 Å². The van der Waals surface area contributed by atoms with Gasteiger partial charge in [-0.05, 0) is 61.6 Å². The van der Waals surface area contributed by atoms with Crippen molar-refractivity contribution in [1.82, 2.24) is 0 Å². The van der Waals surface area contributed by atoms with Crippen LogP contribution in [0.25, 0.3) is 0 Å². The normalized spacial score (nSPS) is 25.3. The van der Waals surface area contributed by atoms with E-state index in [1.54, 1.807) is 0 Å². The molecule has 1 saturated carbocycles. The Labute approximate surface area is 112 Å². The maximum absolute atomic E-state index is 6.42. The van der Waals surface area contributed by atoms with Crippen LogP contribution in [-0.4, -0.2) is 6.04 Å². The van der Waals surface area contributed by atoms with Crippen LogP contribution in [0.2, 0.25) is 0 Å². The molecule has 3 atom stereocenters. The van der Waals surface area contributed by atoms with Gasteiger partial charge in [-0.25, -0.2) is 0 Å². The van der Waals surface area contributed by atoms with Gasteiger partial charge in [0, 0.05) is 6.04 Å². The summed E-state index contributed by atoms with van der Waals surface area (Å²) in [6.07, 6.45) is 6.45. The van der Waals surface area contributed by atoms with Crippen LogP contribution >= 0.6 is 0 Å². The van der Waals surface area contributed by atoms with Crippen molar-refractivity contribution < 1.29 is 0 Å². The summed E-state index contributed by atoms with van der Waals surface area (Å²) in [6.45, 7) is 6.66. The number of nitrogens with two attached hydrogens (primary N) is 1. The predicted molar refractivity (Wildman–Crippen MR) is 78.7 cm³/mol. The van der Waals surface area contributed by atoms with E-state index in [-0.39, 0.29) is 0 Å². The SMILES string of the molecule is CCC1CCC(C(N)Cc2ccc(C)c(C)c2)C1. The number of aryl methyl sites for hydroxylation is 2. The Hall–Kier alpha value is -0.820. The maximum Gasteiger partial charge on any atom is 0.0108 e. The summed E-state index contributed by atoms with van der Waals surface area (Å²) in [5.74, 6) is 1.68. The molecule has 0 amide bonds. The van der Waals surface area contributed by atoms with E-state index in [4.69, 9.17) is 5.73 Å². The quantitative estimate of drug-likeness (QED) is 0.852. The third-order valence-electron chi connectivity index (χ3n) is 4.81. The minimum atomic E-state index is 0.351. The molecule has 2 N–H and O–H groups in total. The minimum absolute atomic E-state index is 0.351. The van der Waals surface area contributed by atoms with E-state index >= 15 is 0 Å². The zero-order chi connectivity index (χ0) is 13.1. The van der Waals surface area contributed by atoms with E-state index in [2.05, 4.69) is 39.0 Å². The van der Waals surface area contributed by atoms with E-state index < -0.39 is 0 Å². The Morgan fingerprint density at radius 2 is 2.00 bits per heavy atom. The fraction of sp³-hybridized carbons (Fsp3) is 0.647. The van der Waals surface area contributed by atoms with Crippen LogP contribution in [-0.2, 0) is 6.42 Å². The van der Waals surface area contributed by atoms with Crippen molar-refractivity contribution in [3.05, 3.63) is 34.9 Å². The van der Waals surface area contributed by atoms with Gasteiger partial charge in [0.05, 0.1) is 0 Å². The molecule has 1 fully saturated rings. The fourth-order valence-corrected chi connectivity index (χ4v) is 3.24. The van der Waals surface area contributed by atoms with Crippen molar-refractivity contribution in [3.63, 3.8) is 0 Å². The summed E-state index contributed by atoms with van der Waals surface area (Å²) in [4.78, 5) is 0. The number of hydrogen-bond donors (Lipinski definition) is 1. The summed E-state index contributed by atoms with van der Waals surface area (Å²) >= 11 is 0. The maximum atomic E-state index is 6.42. The molecule has 1 heteroatoms. The second-order valence-electron chi connectivity index (χ2n) is 6.13. The third kappa shape index (κ3) is 3.14. The fourth-order valence-electron chi connectivity index (χ4n) is 3.24. The lowest BCUT2D eigenvalue weighted by Crippen LogP contribution is -2.31. The lowest BCUT2D eigenvalue weighted by Gasteiger charge is -2.20. The second kappa shape index (κ2) is 5.88. The Bertz CT molecular complexity index is 397. The van der Waals surface area contributed by atoms with Gasteiger partial charge in [0.15, 0.2) is 0 Å². The van der Waals surface area contributed by atoms with Crippen molar-refractivity contribution in [2.75, 3.05) is 0 Å². The lowest BCUT2D eigenvalue weighted by atomic mass is 9.91. The van der Waals surface area contributed by atoms with Gasteiger partial charge in [-0.1, -0.05) is 38.0 Å². The van der Waals surface area contributed by atoms with Gasteiger partial charge in [0.25, 0.3) is 0 Å². The first-order valence-corrected chi connectivity index (χ1v) is 7.41. The molecule has 0 radical (unpaired) electrons. The lowest BCUT2D eigenvalue weighted by molar-refractivity contribution is 0.405. The Balaban J connectivity index is 1.94. The highest BCUT2D eigenvalue weighted by Crippen LogP contribution is 2.35. The first kappa shape index (κ1) is 13.6. The average molecular weight is 245 g/mol. The van der Waals surface area contributed by atoms with Crippen LogP contribution in [0.5, 0.6) is 0 Å². The Morgan fingerprint density at radius 1 is 1.22 bits per heavy atom. The standard InChI is InChI=1S/C17H27N/c1-4-14-7-8-16(10-14)17(18)11-15-6-5-12(2)13(3)9-15/h5-6,9,14,16-17H,4,7-8,10-11,18H2,1-3H3. The van der Waals surface area contributed by atoms with Gasteiger partial charge in [-0.2, -0.15) is 0 Å². The van der Waals surface area contributed by atoms with Crippen molar-refractivity contribution in [2.45, 2.75) is 58.9 Å². The first-order chi connectivity index (χ1) is 8.60. The van der Waals surface area contributed by atoms with Crippen molar-refractivity contribution >= 4 is 0 Å². The van der Waals surface area contributed by atoms with Gasteiger partial charge in [-0.3, -0.25) is 0 Å². The number of hydrogen-bond acceptors (Lipinski definition) is 1. The topological polar surface area (TPSA) is 26.0 Å². The van der Waals surface area contributed by atoms with Crippen LogP contribution < -0.4 is 5.73 Å². The first-order valence-electron chi connectivity index (χ1n) is 7.41. The molecule has 100 valence electrons. The van der Waals surface area contributed by atoms with Crippen LogP contribution in [0.1, 0.15) is 49.3 Å². The predicted octanol–water partition coefficient (Wildman–Crippen LogP) is 4.00. The zero-order valence-electron chi connectivity index (χ0n) is 12.1. The molecule has 0 aromatic heterocycles. The number of rotatable bonds is 4. The zero-order valence-corrected chi connectivity index (χ0v) is 12.1.